The fourth-order valence-corrected chi connectivity index (χ4v) is 5.77. The Morgan fingerprint density at radius 3 is 1.84 bits per heavy atom. The number of alkyl halides is 6. The van der Waals surface area contributed by atoms with E-state index in [4.69, 9.17) is 0 Å². The molecule has 3 aromatic carbocycles. The van der Waals surface area contributed by atoms with Crippen molar-refractivity contribution in [2.75, 3.05) is 45.8 Å². The average Bonchev–Trinajstić information content (AvgIpc) is 3.04. The van der Waals surface area contributed by atoms with Gasteiger partial charge in [-0.1, -0.05) is 72.8 Å². The number of nitrogens with zero attached hydrogens (tertiary/aromatic N) is 3. The van der Waals surface area contributed by atoms with Crippen molar-refractivity contribution >= 4 is 0 Å². The molecule has 0 radical (unpaired) electrons. The lowest BCUT2D eigenvalue weighted by molar-refractivity contribution is -0.141. The minimum Gasteiger partial charge on any atom is -0.316 e. The van der Waals surface area contributed by atoms with E-state index in [0.29, 0.717) is 18.5 Å². The summed E-state index contributed by atoms with van der Waals surface area (Å²) in [6, 6.07) is 27.8. The molecule has 45 heavy (non-hydrogen) atoms. The highest BCUT2D eigenvalue weighted by Crippen LogP contribution is 2.34. The number of benzene rings is 3. The maximum atomic E-state index is 13.6. The Bertz CT molecular complexity index is 1440. The van der Waals surface area contributed by atoms with Crippen LogP contribution in [0.4, 0.5) is 26.3 Å². The molecule has 1 aromatic heterocycles. The fourth-order valence-electron chi connectivity index (χ4n) is 5.77. The summed E-state index contributed by atoms with van der Waals surface area (Å²) >= 11 is 0. The van der Waals surface area contributed by atoms with Crippen LogP contribution in [0.25, 0.3) is 11.3 Å². The van der Waals surface area contributed by atoms with Crippen LogP contribution in [0, 0.1) is 0 Å². The highest BCUT2D eigenvalue weighted by molar-refractivity contribution is 5.61. The van der Waals surface area contributed by atoms with E-state index < -0.39 is 23.6 Å². The average molecular weight is 627 g/mol. The molecule has 0 amide bonds. The zero-order chi connectivity index (χ0) is 31.9. The van der Waals surface area contributed by atoms with Crippen molar-refractivity contribution in [3.8, 4) is 11.3 Å². The van der Waals surface area contributed by atoms with E-state index in [-0.39, 0.29) is 17.3 Å². The Kier molecular flexibility index (Phi) is 10.6. The van der Waals surface area contributed by atoms with Crippen molar-refractivity contribution in [2.24, 2.45) is 0 Å². The smallest absolute Gasteiger partial charge is 0.316 e. The summed E-state index contributed by atoms with van der Waals surface area (Å²) in [6.45, 7) is 5.94. The Balaban J connectivity index is 1.10. The third-order valence-electron chi connectivity index (χ3n) is 8.10. The van der Waals surface area contributed by atoms with Gasteiger partial charge >= 0.3 is 12.4 Å². The molecular weight excluding hydrogens is 590 g/mol. The van der Waals surface area contributed by atoms with Crippen LogP contribution >= 0.6 is 0 Å². The highest BCUT2D eigenvalue weighted by atomic mass is 19.4. The molecule has 10 heteroatoms. The Labute approximate surface area is 259 Å². The van der Waals surface area contributed by atoms with E-state index in [9.17, 15) is 26.3 Å². The molecule has 238 valence electrons. The van der Waals surface area contributed by atoms with Crippen molar-refractivity contribution in [1.82, 2.24) is 20.1 Å². The molecule has 1 aliphatic heterocycles. The van der Waals surface area contributed by atoms with Crippen molar-refractivity contribution in [3.63, 3.8) is 0 Å². The first kappa shape index (κ1) is 32.7. The summed E-state index contributed by atoms with van der Waals surface area (Å²) < 4.78 is 79.4. The standard InChI is InChI=1S/C35H36F6N4/c36-34(37,38)30-14-12-27(13-15-30)31-24-26(25-32(43-31)35(39,40)41)16-18-42-17-7-19-44-20-22-45(23-21-44)33(28-8-3-1-4-9-28)29-10-5-2-6-11-29/h1-6,8-15,24-25,33,42H,7,16-23H2. The summed E-state index contributed by atoms with van der Waals surface area (Å²) in [4.78, 5) is 8.67. The van der Waals surface area contributed by atoms with Crippen LogP contribution in [0.2, 0.25) is 0 Å². The van der Waals surface area contributed by atoms with Gasteiger partial charge in [0.1, 0.15) is 5.69 Å². The SMILES string of the molecule is FC(F)(F)c1ccc(-c2cc(CCNCCCN3CCN(C(c4ccccc4)c4ccccc4)CC3)cc(C(F)(F)F)n2)cc1. The van der Waals surface area contributed by atoms with Gasteiger partial charge in [-0.05, 0) is 73.4 Å². The predicted octanol–water partition coefficient (Wildman–Crippen LogP) is 7.72. The van der Waals surface area contributed by atoms with Crippen molar-refractivity contribution in [1.29, 1.82) is 0 Å². The van der Waals surface area contributed by atoms with Gasteiger partial charge in [-0.2, -0.15) is 26.3 Å². The molecule has 1 N–H and O–H groups in total. The van der Waals surface area contributed by atoms with Crippen LogP contribution in [-0.2, 0) is 18.8 Å². The van der Waals surface area contributed by atoms with Crippen molar-refractivity contribution in [3.05, 3.63) is 125 Å². The van der Waals surface area contributed by atoms with Gasteiger partial charge in [0.15, 0.2) is 0 Å². The van der Waals surface area contributed by atoms with E-state index in [1.54, 1.807) is 0 Å². The van der Waals surface area contributed by atoms with Crippen LogP contribution in [0.1, 0.15) is 40.4 Å². The maximum Gasteiger partial charge on any atom is 0.433 e. The predicted molar refractivity (Wildman–Crippen MR) is 164 cm³/mol. The van der Waals surface area contributed by atoms with Crippen molar-refractivity contribution in [2.45, 2.75) is 31.2 Å². The lowest BCUT2D eigenvalue weighted by Crippen LogP contribution is -2.48. The van der Waals surface area contributed by atoms with Crippen LogP contribution in [0.3, 0.4) is 0 Å². The van der Waals surface area contributed by atoms with Gasteiger partial charge in [0, 0.05) is 31.7 Å². The first-order chi connectivity index (χ1) is 21.6. The molecule has 0 unspecified atom stereocenters. The number of hydrogen-bond acceptors (Lipinski definition) is 4. The van der Waals surface area contributed by atoms with E-state index >= 15 is 0 Å². The molecule has 1 saturated heterocycles. The van der Waals surface area contributed by atoms with Crippen LogP contribution in [-0.4, -0.2) is 60.6 Å². The molecule has 2 heterocycles. The summed E-state index contributed by atoms with van der Waals surface area (Å²) in [6.07, 6.45) is -7.96. The molecule has 0 saturated carbocycles. The highest BCUT2D eigenvalue weighted by Gasteiger charge is 2.34. The molecular formula is C35H36F6N4. The second-order valence-electron chi connectivity index (χ2n) is 11.3. The van der Waals surface area contributed by atoms with Gasteiger partial charge in [-0.25, -0.2) is 4.98 Å². The summed E-state index contributed by atoms with van der Waals surface area (Å²) in [5, 5.41) is 3.32. The Morgan fingerprint density at radius 2 is 1.29 bits per heavy atom. The van der Waals surface area contributed by atoms with Gasteiger partial charge in [0.05, 0.1) is 17.3 Å². The summed E-state index contributed by atoms with van der Waals surface area (Å²) in [5.41, 5.74) is 1.25. The third kappa shape index (κ3) is 8.93. The second-order valence-corrected chi connectivity index (χ2v) is 11.3. The Hall–Kier alpha value is -3.73. The number of piperazine rings is 1. The van der Waals surface area contributed by atoms with E-state index in [0.717, 1.165) is 76.0 Å². The van der Waals surface area contributed by atoms with E-state index in [2.05, 4.69) is 68.6 Å². The minimum atomic E-state index is -4.67. The number of halogens is 6. The van der Waals surface area contributed by atoms with E-state index in [1.807, 2.05) is 12.1 Å². The van der Waals surface area contributed by atoms with Crippen LogP contribution in [0.5, 0.6) is 0 Å². The summed E-state index contributed by atoms with van der Waals surface area (Å²) in [5.74, 6) is 0. The molecule has 0 atom stereocenters. The molecule has 0 bridgehead atoms. The van der Waals surface area contributed by atoms with Gasteiger partial charge in [-0.15, -0.1) is 0 Å². The molecule has 1 fully saturated rings. The molecule has 1 aliphatic rings. The van der Waals surface area contributed by atoms with Gasteiger partial charge in [0.2, 0.25) is 0 Å². The second kappa shape index (κ2) is 14.6. The van der Waals surface area contributed by atoms with Gasteiger partial charge in [0.25, 0.3) is 0 Å². The van der Waals surface area contributed by atoms with Crippen LogP contribution in [0.15, 0.2) is 97.1 Å². The number of nitrogens with one attached hydrogen (secondary N) is 1. The maximum absolute atomic E-state index is 13.6. The largest absolute Gasteiger partial charge is 0.433 e. The molecule has 0 spiro atoms. The first-order valence-electron chi connectivity index (χ1n) is 15.1. The molecule has 4 aromatic rings. The van der Waals surface area contributed by atoms with Gasteiger partial charge < -0.3 is 10.2 Å². The fraction of sp³-hybridized carbons (Fsp3) is 0.343. The molecule has 0 aliphatic carbocycles. The monoisotopic (exact) mass is 626 g/mol. The number of rotatable bonds is 11. The summed E-state index contributed by atoms with van der Waals surface area (Å²) in [7, 11) is 0. The normalized spacial score (nSPS) is 15.1. The lowest BCUT2D eigenvalue weighted by Gasteiger charge is -2.39. The zero-order valence-corrected chi connectivity index (χ0v) is 24.8. The number of pyridine rings is 1. The first-order valence-corrected chi connectivity index (χ1v) is 15.1. The topological polar surface area (TPSA) is 31.4 Å². The third-order valence-corrected chi connectivity index (χ3v) is 8.10. The number of hydrogen-bond donors (Lipinski definition) is 1. The minimum absolute atomic E-state index is 0.00513. The van der Waals surface area contributed by atoms with Crippen LogP contribution < -0.4 is 5.32 Å². The number of aromatic nitrogens is 1. The van der Waals surface area contributed by atoms with Crippen molar-refractivity contribution < 1.29 is 26.3 Å². The van der Waals surface area contributed by atoms with Gasteiger partial charge in [-0.3, -0.25) is 4.90 Å². The quantitative estimate of drug-likeness (QED) is 0.137. The lowest BCUT2D eigenvalue weighted by atomic mass is 9.96. The Morgan fingerprint density at radius 1 is 0.689 bits per heavy atom. The van der Waals surface area contributed by atoms with E-state index in [1.165, 1.54) is 17.2 Å². The zero-order valence-electron chi connectivity index (χ0n) is 24.8. The molecule has 4 nitrogen and oxygen atoms in total. The molecule has 5 rings (SSSR count).